The van der Waals surface area contributed by atoms with Crippen molar-refractivity contribution in [3.05, 3.63) is 69.9 Å². The van der Waals surface area contributed by atoms with E-state index in [9.17, 15) is 27.5 Å². The molecule has 1 fully saturated rings. The fourth-order valence-electron chi connectivity index (χ4n) is 3.84. The number of nitrogens with zero attached hydrogens (tertiary/aromatic N) is 3. The third-order valence-electron chi connectivity index (χ3n) is 5.66. The summed E-state index contributed by atoms with van der Waals surface area (Å²) in [5.74, 6) is -0.879. The van der Waals surface area contributed by atoms with Gasteiger partial charge < -0.3 is 22.4 Å². The number of likely N-dealkylation sites (tertiary alicyclic amines) is 1. The summed E-state index contributed by atoms with van der Waals surface area (Å²) in [6, 6.07) is 8.18. The largest absolute Gasteiger partial charge is 1.00 e. The van der Waals surface area contributed by atoms with Crippen LogP contribution in [0, 0.1) is 11.2 Å². The summed E-state index contributed by atoms with van der Waals surface area (Å²) < 4.78 is 52.1. The van der Waals surface area contributed by atoms with Gasteiger partial charge in [-0.1, -0.05) is 12.1 Å². The molecule has 1 N–H and O–H groups in total. The standard InChI is InChI=1S/C22H22F4N3O2.ClH/c23-17-6-7-18(19(14-17)28-27)20(30)5-2-10-29-11-8-21(31,9-12-29)15-3-1-4-16(13-15)22(24,25)26;/h1,3-4,6-7,13-14,31H,2,5,8-12H2;1H/q+1;/p-1. The predicted octanol–water partition coefficient (Wildman–Crippen LogP) is 2.28. The number of ketones is 1. The van der Waals surface area contributed by atoms with E-state index in [1.807, 2.05) is 4.90 Å². The predicted molar refractivity (Wildman–Crippen MR) is 106 cm³/mol. The van der Waals surface area contributed by atoms with Crippen LogP contribution in [0.25, 0.3) is 4.98 Å². The first kappa shape index (κ1) is 25.7. The van der Waals surface area contributed by atoms with Gasteiger partial charge in [0.2, 0.25) is 5.39 Å². The van der Waals surface area contributed by atoms with Gasteiger partial charge in [0.15, 0.2) is 10.8 Å². The molecule has 0 atom stereocenters. The van der Waals surface area contributed by atoms with Crippen molar-refractivity contribution in [3.63, 3.8) is 0 Å². The minimum atomic E-state index is -4.46. The monoisotopic (exact) mass is 471 g/mol. The van der Waals surface area contributed by atoms with Crippen molar-refractivity contribution >= 4 is 11.5 Å². The van der Waals surface area contributed by atoms with Gasteiger partial charge in [-0.25, -0.2) is 4.39 Å². The van der Waals surface area contributed by atoms with E-state index in [1.54, 1.807) is 0 Å². The van der Waals surface area contributed by atoms with Gasteiger partial charge in [-0.05, 0) is 55.6 Å². The molecule has 2 aromatic carbocycles. The van der Waals surface area contributed by atoms with Crippen molar-refractivity contribution in [1.82, 2.24) is 4.90 Å². The number of hydrogen-bond acceptors (Lipinski definition) is 4. The van der Waals surface area contributed by atoms with Crippen LogP contribution in [0.2, 0.25) is 0 Å². The average Bonchev–Trinajstić information content (AvgIpc) is 2.74. The second kappa shape index (κ2) is 10.4. The molecule has 0 amide bonds. The van der Waals surface area contributed by atoms with E-state index in [0.29, 0.717) is 26.1 Å². The molecule has 0 unspecified atom stereocenters. The lowest BCUT2D eigenvalue weighted by Gasteiger charge is -2.38. The highest BCUT2D eigenvalue weighted by molar-refractivity contribution is 6.01. The first-order chi connectivity index (χ1) is 14.6. The summed E-state index contributed by atoms with van der Waals surface area (Å²) in [5.41, 5.74) is -1.82. The molecule has 0 aliphatic carbocycles. The SMILES string of the molecule is N#[N+]c1cc(F)ccc1C(=O)CCCN1CCC(O)(c2cccc(C(F)(F)F)c2)CC1.[Cl-]. The molecule has 0 spiro atoms. The van der Waals surface area contributed by atoms with Crippen LogP contribution >= 0.6 is 0 Å². The van der Waals surface area contributed by atoms with Gasteiger partial charge in [0.1, 0.15) is 11.4 Å². The molecule has 1 saturated heterocycles. The van der Waals surface area contributed by atoms with E-state index in [4.69, 9.17) is 5.39 Å². The van der Waals surface area contributed by atoms with Crippen LogP contribution in [0.4, 0.5) is 23.2 Å². The van der Waals surface area contributed by atoms with E-state index in [1.165, 1.54) is 18.2 Å². The summed E-state index contributed by atoms with van der Waals surface area (Å²) in [7, 11) is 0. The lowest BCUT2D eigenvalue weighted by molar-refractivity contribution is -0.137. The number of benzene rings is 2. The fourth-order valence-corrected chi connectivity index (χ4v) is 3.84. The molecule has 1 aliphatic heterocycles. The van der Waals surface area contributed by atoms with Gasteiger partial charge in [-0.2, -0.15) is 13.2 Å². The summed E-state index contributed by atoms with van der Waals surface area (Å²) in [6.07, 6.45) is -3.22. The fraction of sp³-hybridized carbons (Fsp3) is 0.409. The van der Waals surface area contributed by atoms with E-state index >= 15 is 0 Å². The minimum absolute atomic E-state index is 0. The Kier molecular flexibility index (Phi) is 8.35. The van der Waals surface area contributed by atoms with Crippen LogP contribution in [-0.4, -0.2) is 35.4 Å². The number of piperidine rings is 1. The Labute approximate surface area is 189 Å². The number of carbonyl (C=O) groups excluding carboxylic acids is 1. The average molecular weight is 472 g/mol. The highest BCUT2D eigenvalue weighted by atomic mass is 35.5. The van der Waals surface area contributed by atoms with Crippen molar-refractivity contribution in [2.45, 2.75) is 37.5 Å². The number of diazo groups is 1. The molecule has 1 aliphatic rings. The number of Topliss-reactive ketones (excluding diaryl/α,β-unsaturated/α-hetero) is 1. The molecule has 0 aromatic heterocycles. The molecule has 0 radical (unpaired) electrons. The zero-order chi connectivity index (χ0) is 22.6. The number of carbonyl (C=O) groups is 1. The molecular formula is C22H22ClF4N3O2. The lowest BCUT2D eigenvalue weighted by atomic mass is 9.83. The van der Waals surface area contributed by atoms with Crippen molar-refractivity contribution in [2.75, 3.05) is 19.6 Å². The van der Waals surface area contributed by atoms with E-state index in [2.05, 4.69) is 4.98 Å². The van der Waals surface area contributed by atoms with E-state index in [-0.39, 0.29) is 54.3 Å². The second-order valence-electron chi connectivity index (χ2n) is 7.74. The molecule has 0 bridgehead atoms. The second-order valence-corrected chi connectivity index (χ2v) is 7.74. The molecule has 1 heterocycles. The zero-order valence-electron chi connectivity index (χ0n) is 17.1. The quantitative estimate of drug-likeness (QED) is 0.399. The van der Waals surface area contributed by atoms with Crippen LogP contribution in [0.1, 0.15) is 47.2 Å². The Morgan fingerprint density at radius 1 is 1.16 bits per heavy atom. The number of alkyl halides is 3. The minimum Gasteiger partial charge on any atom is -1.00 e. The van der Waals surface area contributed by atoms with Gasteiger partial charge in [-0.3, -0.25) is 4.79 Å². The third-order valence-corrected chi connectivity index (χ3v) is 5.66. The summed E-state index contributed by atoms with van der Waals surface area (Å²) in [6.45, 7) is 1.53. The van der Waals surface area contributed by atoms with E-state index < -0.39 is 23.2 Å². The first-order valence-corrected chi connectivity index (χ1v) is 9.93. The molecule has 5 nitrogen and oxygen atoms in total. The Bertz CT molecular complexity index is 999. The van der Waals surface area contributed by atoms with Crippen molar-refractivity contribution in [1.29, 1.82) is 5.39 Å². The molecule has 0 saturated carbocycles. The summed E-state index contributed by atoms with van der Waals surface area (Å²) >= 11 is 0. The van der Waals surface area contributed by atoms with Crippen molar-refractivity contribution in [3.8, 4) is 0 Å². The van der Waals surface area contributed by atoms with Crippen molar-refractivity contribution < 1.29 is 39.9 Å². The summed E-state index contributed by atoms with van der Waals surface area (Å²) in [4.78, 5) is 17.3. The number of halogens is 5. The van der Waals surface area contributed by atoms with Crippen molar-refractivity contribution in [2.24, 2.45) is 0 Å². The Hall–Kier alpha value is -2.54. The maximum atomic E-state index is 13.2. The van der Waals surface area contributed by atoms with Crippen LogP contribution in [0.15, 0.2) is 42.5 Å². The first-order valence-electron chi connectivity index (χ1n) is 9.93. The number of hydrogen-bond donors (Lipinski definition) is 1. The topological polar surface area (TPSA) is 68.7 Å². The molecule has 2 aromatic rings. The van der Waals surface area contributed by atoms with E-state index in [0.717, 1.165) is 24.3 Å². The zero-order valence-corrected chi connectivity index (χ0v) is 17.8. The number of aliphatic hydroxyl groups is 1. The Morgan fingerprint density at radius 3 is 2.47 bits per heavy atom. The molecule has 32 heavy (non-hydrogen) atoms. The molecule has 10 heteroatoms. The maximum absolute atomic E-state index is 13.2. The van der Waals surface area contributed by atoms with Crippen LogP contribution in [0.5, 0.6) is 0 Å². The van der Waals surface area contributed by atoms with Crippen LogP contribution < -0.4 is 12.4 Å². The highest BCUT2D eigenvalue weighted by Crippen LogP contribution is 2.36. The normalized spacial score (nSPS) is 16.1. The maximum Gasteiger partial charge on any atom is 0.416 e. The van der Waals surface area contributed by atoms with Gasteiger partial charge >= 0.3 is 11.9 Å². The van der Waals surface area contributed by atoms with Crippen LogP contribution in [-0.2, 0) is 11.8 Å². The molecule has 172 valence electrons. The summed E-state index contributed by atoms with van der Waals surface area (Å²) in [5, 5.41) is 19.8. The van der Waals surface area contributed by atoms with Gasteiger partial charge in [0.05, 0.1) is 17.2 Å². The smallest absolute Gasteiger partial charge is 0.416 e. The van der Waals surface area contributed by atoms with Gasteiger partial charge in [0.25, 0.3) is 0 Å². The molecular weight excluding hydrogens is 450 g/mol. The van der Waals surface area contributed by atoms with Gasteiger partial charge in [0, 0.05) is 19.5 Å². The van der Waals surface area contributed by atoms with Gasteiger partial charge in [-0.15, -0.1) is 0 Å². The van der Waals surface area contributed by atoms with Crippen LogP contribution in [0.3, 0.4) is 0 Å². The lowest BCUT2D eigenvalue weighted by Crippen LogP contribution is -3.00. The third kappa shape index (κ3) is 6.03. The Balaban J connectivity index is 0.00000363. The molecule has 3 rings (SSSR count). The highest BCUT2D eigenvalue weighted by Gasteiger charge is 2.37. The Morgan fingerprint density at radius 2 is 1.84 bits per heavy atom. The number of rotatable bonds is 6.